The number of rotatable bonds is 4. The molecule has 0 unspecified atom stereocenters. The first-order valence-corrected chi connectivity index (χ1v) is 7.92. The van der Waals surface area contributed by atoms with Crippen LogP contribution in [0.4, 0.5) is 16.2 Å². The summed E-state index contributed by atoms with van der Waals surface area (Å²) in [4.78, 5) is 11.8. The summed E-state index contributed by atoms with van der Waals surface area (Å²) in [6.45, 7) is 0. The molecule has 5 N–H and O–H groups in total. The lowest BCUT2D eigenvalue weighted by molar-refractivity contribution is 0.262. The second kappa shape index (κ2) is 6.55. The number of para-hydroxylation sites is 2. The standard InChI is InChI=1S/C14H15N3O5S/c1-22-13-5-3-2-4-10(13)16-14(19)17-11-8-9(23(15,20)21)6-7-12(11)18/h2-8,18H,1H3,(H2,15,20,21)(H2,16,17,19). The Kier molecular flexibility index (Phi) is 4.72. The van der Waals surface area contributed by atoms with Gasteiger partial charge in [-0.3, -0.25) is 0 Å². The Bertz CT molecular complexity index is 836. The van der Waals surface area contributed by atoms with Crippen LogP contribution in [0.5, 0.6) is 11.5 Å². The Morgan fingerprint density at radius 2 is 1.78 bits per heavy atom. The second-order valence-corrected chi connectivity index (χ2v) is 6.06. The van der Waals surface area contributed by atoms with Crippen LogP contribution in [-0.2, 0) is 10.0 Å². The number of methoxy groups -OCH3 is 1. The maximum absolute atomic E-state index is 12.0. The van der Waals surface area contributed by atoms with E-state index in [4.69, 9.17) is 9.88 Å². The highest BCUT2D eigenvalue weighted by molar-refractivity contribution is 7.89. The Morgan fingerprint density at radius 3 is 2.43 bits per heavy atom. The molecule has 2 rings (SSSR count). The Hall–Kier alpha value is -2.78. The number of nitrogens with two attached hydrogens (primary N) is 1. The number of urea groups is 1. The predicted molar refractivity (Wildman–Crippen MR) is 85.1 cm³/mol. The first-order chi connectivity index (χ1) is 10.8. The lowest BCUT2D eigenvalue weighted by Gasteiger charge is -2.12. The number of anilines is 2. The zero-order chi connectivity index (χ0) is 17.0. The van der Waals surface area contributed by atoms with Gasteiger partial charge in [0.15, 0.2) is 0 Å². The third-order valence-corrected chi connectivity index (χ3v) is 3.81. The molecule has 9 heteroatoms. The van der Waals surface area contributed by atoms with Crippen molar-refractivity contribution in [2.75, 3.05) is 17.7 Å². The number of aromatic hydroxyl groups is 1. The summed E-state index contributed by atoms with van der Waals surface area (Å²) >= 11 is 0. The number of sulfonamides is 1. The van der Waals surface area contributed by atoms with E-state index in [0.717, 1.165) is 18.2 Å². The van der Waals surface area contributed by atoms with Crippen LogP contribution in [0.1, 0.15) is 0 Å². The van der Waals surface area contributed by atoms with Crippen molar-refractivity contribution in [2.45, 2.75) is 4.90 Å². The average Bonchev–Trinajstić information content (AvgIpc) is 2.49. The number of amides is 2. The first kappa shape index (κ1) is 16.6. The monoisotopic (exact) mass is 337 g/mol. The molecule has 0 radical (unpaired) electrons. The van der Waals surface area contributed by atoms with Gasteiger partial charge in [-0.25, -0.2) is 18.4 Å². The lowest BCUT2D eigenvalue weighted by Crippen LogP contribution is -2.20. The first-order valence-electron chi connectivity index (χ1n) is 6.38. The van der Waals surface area contributed by atoms with Gasteiger partial charge in [0.2, 0.25) is 10.0 Å². The van der Waals surface area contributed by atoms with Crippen LogP contribution in [0.25, 0.3) is 0 Å². The van der Waals surface area contributed by atoms with E-state index in [2.05, 4.69) is 10.6 Å². The molecule has 23 heavy (non-hydrogen) atoms. The summed E-state index contributed by atoms with van der Waals surface area (Å²) in [5.74, 6) is 0.151. The number of carbonyl (C=O) groups is 1. The number of ether oxygens (including phenoxy) is 1. The molecule has 0 saturated heterocycles. The van der Waals surface area contributed by atoms with Crippen LogP contribution < -0.4 is 20.5 Å². The molecule has 0 bridgehead atoms. The van der Waals surface area contributed by atoms with Crippen LogP contribution in [0.15, 0.2) is 47.4 Å². The van der Waals surface area contributed by atoms with E-state index in [1.165, 1.54) is 7.11 Å². The van der Waals surface area contributed by atoms with Crippen molar-refractivity contribution in [2.24, 2.45) is 5.14 Å². The maximum Gasteiger partial charge on any atom is 0.323 e. The molecule has 0 aliphatic heterocycles. The number of phenols is 1. The van der Waals surface area contributed by atoms with E-state index in [0.29, 0.717) is 11.4 Å². The number of benzene rings is 2. The largest absolute Gasteiger partial charge is 0.506 e. The summed E-state index contributed by atoms with van der Waals surface area (Å²) in [6, 6.07) is 9.36. The van der Waals surface area contributed by atoms with E-state index >= 15 is 0 Å². The van der Waals surface area contributed by atoms with Crippen molar-refractivity contribution >= 4 is 27.4 Å². The van der Waals surface area contributed by atoms with Crippen molar-refractivity contribution in [1.29, 1.82) is 0 Å². The summed E-state index contributed by atoms with van der Waals surface area (Å²) in [5.41, 5.74) is 0.318. The SMILES string of the molecule is COc1ccccc1NC(=O)Nc1cc(S(N)(=O)=O)ccc1O. The molecule has 122 valence electrons. The number of nitrogens with one attached hydrogen (secondary N) is 2. The molecular weight excluding hydrogens is 322 g/mol. The number of phenolic OH excluding ortho intramolecular Hbond substituents is 1. The fraction of sp³-hybridized carbons (Fsp3) is 0.0714. The van der Waals surface area contributed by atoms with Crippen LogP contribution >= 0.6 is 0 Å². The van der Waals surface area contributed by atoms with E-state index < -0.39 is 16.1 Å². The summed E-state index contributed by atoms with van der Waals surface area (Å²) < 4.78 is 27.7. The Morgan fingerprint density at radius 1 is 1.13 bits per heavy atom. The number of primary sulfonamides is 1. The molecule has 0 aromatic heterocycles. The highest BCUT2D eigenvalue weighted by atomic mass is 32.2. The van der Waals surface area contributed by atoms with Crippen LogP contribution in [0, 0.1) is 0 Å². The zero-order valence-corrected chi connectivity index (χ0v) is 12.9. The highest BCUT2D eigenvalue weighted by Crippen LogP contribution is 2.27. The number of hydrogen-bond donors (Lipinski definition) is 4. The molecular formula is C14H15N3O5S. The fourth-order valence-corrected chi connectivity index (χ4v) is 2.36. The molecule has 2 aromatic rings. The van der Waals surface area contributed by atoms with E-state index in [-0.39, 0.29) is 16.3 Å². The number of hydrogen-bond acceptors (Lipinski definition) is 5. The zero-order valence-electron chi connectivity index (χ0n) is 12.1. The van der Waals surface area contributed by atoms with E-state index in [1.54, 1.807) is 24.3 Å². The fourth-order valence-electron chi connectivity index (χ4n) is 1.82. The third-order valence-electron chi connectivity index (χ3n) is 2.90. The van der Waals surface area contributed by atoms with Crippen molar-refractivity contribution in [1.82, 2.24) is 0 Å². The quantitative estimate of drug-likeness (QED) is 0.631. The molecule has 0 spiro atoms. The van der Waals surface area contributed by atoms with Crippen molar-refractivity contribution < 1.29 is 23.1 Å². The second-order valence-electron chi connectivity index (χ2n) is 4.50. The van der Waals surface area contributed by atoms with Gasteiger partial charge in [-0.05, 0) is 30.3 Å². The normalized spacial score (nSPS) is 10.9. The van der Waals surface area contributed by atoms with Gasteiger partial charge >= 0.3 is 6.03 Å². The molecule has 2 aromatic carbocycles. The summed E-state index contributed by atoms with van der Waals surface area (Å²) in [6.07, 6.45) is 0. The highest BCUT2D eigenvalue weighted by Gasteiger charge is 2.14. The van der Waals surface area contributed by atoms with Gasteiger partial charge in [-0.2, -0.15) is 0 Å². The topological polar surface area (TPSA) is 131 Å². The molecule has 0 saturated carbocycles. The molecule has 0 aliphatic rings. The van der Waals surface area contributed by atoms with Gasteiger partial charge in [0.1, 0.15) is 11.5 Å². The van der Waals surface area contributed by atoms with Gasteiger partial charge in [-0.1, -0.05) is 12.1 Å². The molecule has 0 fully saturated rings. The molecule has 0 heterocycles. The van der Waals surface area contributed by atoms with E-state index in [9.17, 15) is 18.3 Å². The maximum atomic E-state index is 12.0. The minimum Gasteiger partial charge on any atom is -0.506 e. The predicted octanol–water partition coefficient (Wildman–Crippen LogP) is 1.69. The smallest absolute Gasteiger partial charge is 0.323 e. The summed E-state index contributed by atoms with van der Waals surface area (Å²) in [7, 11) is -2.49. The Balaban J connectivity index is 2.20. The van der Waals surface area contributed by atoms with Crippen molar-refractivity contribution in [3.63, 3.8) is 0 Å². The third kappa shape index (κ3) is 4.11. The minimum absolute atomic E-state index is 0.0936. The summed E-state index contributed by atoms with van der Waals surface area (Å²) in [5, 5.41) is 19.6. The Labute approximate surface area is 132 Å². The van der Waals surface area contributed by atoms with Gasteiger partial charge in [0, 0.05) is 0 Å². The molecule has 2 amide bonds. The van der Waals surface area contributed by atoms with Gasteiger partial charge in [0.25, 0.3) is 0 Å². The van der Waals surface area contributed by atoms with Crippen LogP contribution in [0.2, 0.25) is 0 Å². The van der Waals surface area contributed by atoms with Gasteiger partial charge < -0.3 is 20.5 Å². The van der Waals surface area contributed by atoms with Gasteiger partial charge in [0.05, 0.1) is 23.4 Å². The minimum atomic E-state index is -3.95. The van der Waals surface area contributed by atoms with Crippen LogP contribution in [0.3, 0.4) is 0 Å². The lowest BCUT2D eigenvalue weighted by atomic mass is 10.3. The van der Waals surface area contributed by atoms with Crippen molar-refractivity contribution in [3.8, 4) is 11.5 Å². The number of carbonyl (C=O) groups excluding carboxylic acids is 1. The van der Waals surface area contributed by atoms with Gasteiger partial charge in [-0.15, -0.1) is 0 Å². The average molecular weight is 337 g/mol. The molecule has 0 atom stereocenters. The van der Waals surface area contributed by atoms with Crippen molar-refractivity contribution in [3.05, 3.63) is 42.5 Å². The van der Waals surface area contributed by atoms with E-state index in [1.807, 2.05) is 0 Å². The van der Waals surface area contributed by atoms with Crippen LogP contribution in [-0.4, -0.2) is 26.7 Å². The molecule has 8 nitrogen and oxygen atoms in total. The molecule has 0 aliphatic carbocycles.